The number of aryl methyl sites for hydroxylation is 1. The SMILES string of the molecule is Cc1ccc(NC=C2C(=O)OC(C)(C)OC2=O)cc1-n1cccc1. The molecule has 1 fully saturated rings. The van der Waals surface area contributed by atoms with Crippen LogP contribution in [0.5, 0.6) is 0 Å². The van der Waals surface area contributed by atoms with Gasteiger partial charge in [-0.3, -0.25) is 0 Å². The minimum Gasteiger partial charge on any atom is -0.419 e. The first kappa shape index (κ1) is 15.9. The highest BCUT2D eigenvalue weighted by atomic mass is 16.7. The molecule has 0 bridgehead atoms. The molecule has 2 heterocycles. The molecule has 6 nitrogen and oxygen atoms in total. The molecule has 24 heavy (non-hydrogen) atoms. The van der Waals surface area contributed by atoms with E-state index in [4.69, 9.17) is 9.47 Å². The van der Waals surface area contributed by atoms with Crippen molar-refractivity contribution in [3.8, 4) is 5.69 Å². The summed E-state index contributed by atoms with van der Waals surface area (Å²) >= 11 is 0. The third-order valence-corrected chi connectivity index (χ3v) is 3.59. The molecule has 1 aromatic heterocycles. The van der Waals surface area contributed by atoms with Gasteiger partial charge in [-0.1, -0.05) is 6.07 Å². The number of cyclic esters (lactones) is 2. The fraction of sp³-hybridized carbons (Fsp3) is 0.222. The monoisotopic (exact) mass is 326 g/mol. The highest BCUT2D eigenvalue weighted by molar-refractivity contribution is 6.15. The highest BCUT2D eigenvalue weighted by Crippen LogP contribution is 2.24. The summed E-state index contributed by atoms with van der Waals surface area (Å²) < 4.78 is 12.1. The van der Waals surface area contributed by atoms with E-state index in [9.17, 15) is 9.59 Å². The number of anilines is 1. The molecule has 2 aromatic rings. The Balaban J connectivity index is 1.83. The van der Waals surface area contributed by atoms with E-state index in [2.05, 4.69) is 5.32 Å². The summed E-state index contributed by atoms with van der Waals surface area (Å²) in [5.41, 5.74) is 2.67. The molecule has 1 aliphatic rings. The van der Waals surface area contributed by atoms with Crippen LogP contribution in [0.4, 0.5) is 5.69 Å². The van der Waals surface area contributed by atoms with Gasteiger partial charge in [-0.25, -0.2) is 9.59 Å². The lowest BCUT2D eigenvalue weighted by Gasteiger charge is -2.29. The van der Waals surface area contributed by atoms with Gasteiger partial charge in [-0.05, 0) is 36.8 Å². The molecule has 0 saturated carbocycles. The number of nitrogens with one attached hydrogen (secondary N) is 1. The first-order valence-corrected chi connectivity index (χ1v) is 7.53. The molecule has 0 radical (unpaired) electrons. The number of nitrogens with zero attached hydrogens (tertiary/aromatic N) is 1. The zero-order valence-electron chi connectivity index (χ0n) is 13.7. The van der Waals surface area contributed by atoms with Crippen LogP contribution in [0.3, 0.4) is 0 Å². The number of benzene rings is 1. The second-order valence-corrected chi connectivity index (χ2v) is 5.97. The van der Waals surface area contributed by atoms with Gasteiger partial charge in [0.25, 0.3) is 5.79 Å². The zero-order chi connectivity index (χ0) is 17.3. The Morgan fingerprint density at radius 3 is 2.33 bits per heavy atom. The maximum Gasteiger partial charge on any atom is 0.350 e. The second-order valence-electron chi connectivity index (χ2n) is 5.97. The van der Waals surface area contributed by atoms with Gasteiger partial charge in [0, 0.05) is 43.8 Å². The van der Waals surface area contributed by atoms with Gasteiger partial charge >= 0.3 is 11.9 Å². The standard InChI is InChI=1S/C18H18N2O4/c1-12-6-7-13(10-15(12)20-8-4-5-9-20)19-11-14-16(21)23-18(2,3)24-17(14)22/h4-11,19H,1-3H3. The van der Waals surface area contributed by atoms with Gasteiger partial charge in [0.15, 0.2) is 5.57 Å². The summed E-state index contributed by atoms with van der Waals surface area (Å²) in [6.45, 7) is 5.03. The van der Waals surface area contributed by atoms with E-state index in [1.54, 1.807) is 0 Å². The van der Waals surface area contributed by atoms with Gasteiger partial charge in [0.05, 0.1) is 0 Å². The van der Waals surface area contributed by atoms with Crippen LogP contribution in [0.25, 0.3) is 5.69 Å². The molecule has 1 N–H and O–H groups in total. The molecule has 1 saturated heterocycles. The van der Waals surface area contributed by atoms with Crippen molar-refractivity contribution in [1.82, 2.24) is 4.57 Å². The maximum atomic E-state index is 11.9. The van der Waals surface area contributed by atoms with Crippen molar-refractivity contribution in [2.24, 2.45) is 0 Å². The minimum absolute atomic E-state index is 0.169. The van der Waals surface area contributed by atoms with Crippen molar-refractivity contribution in [3.05, 3.63) is 60.1 Å². The average Bonchev–Trinajstić information content (AvgIpc) is 3.00. The molecule has 0 amide bonds. The Morgan fingerprint density at radius 1 is 1.08 bits per heavy atom. The van der Waals surface area contributed by atoms with Crippen LogP contribution in [0.2, 0.25) is 0 Å². The number of aromatic nitrogens is 1. The van der Waals surface area contributed by atoms with E-state index in [1.165, 1.54) is 20.0 Å². The maximum absolute atomic E-state index is 11.9. The number of hydrogen-bond donors (Lipinski definition) is 1. The number of rotatable bonds is 3. The van der Waals surface area contributed by atoms with Gasteiger partial charge in [-0.2, -0.15) is 0 Å². The number of carbonyl (C=O) groups excluding carboxylic acids is 2. The quantitative estimate of drug-likeness (QED) is 0.533. The molecule has 0 aliphatic carbocycles. The Bertz CT molecular complexity index is 798. The zero-order valence-corrected chi connectivity index (χ0v) is 13.7. The van der Waals surface area contributed by atoms with E-state index in [-0.39, 0.29) is 5.57 Å². The van der Waals surface area contributed by atoms with Crippen molar-refractivity contribution in [2.75, 3.05) is 5.32 Å². The molecule has 0 unspecified atom stereocenters. The predicted molar refractivity (Wildman–Crippen MR) is 88.5 cm³/mol. The first-order chi connectivity index (χ1) is 11.4. The first-order valence-electron chi connectivity index (χ1n) is 7.53. The summed E-state index contributed by atoms with van der Waals surface area (Å²) in [4.78, 5) is 23.8. The molecule has 0 atom stereocenters. The van der Waals surface area contributed by atoms with Crippen molar-refractivity contribution in [2.45, 2.75) is 26.6 Å². The van der Waals surface area contributed by atoms with E-state index < -0.39 is 17.7 Å². The largest absolute Gasteiger partial charge is 0.419 e. The molecular formula is C18H18N2O4. The third-order valence-electron chi connectivity index (χ3n) is 3.59. The summed E-state index contributed by atoms with van der Waals surface area (Å²) in [7, 11) is 0. The Labute approximate surface area is 139 Å². The molecule has 6 heteroatoms. The molecule has 3 rings (SSSR count). The lowest BCUT2D eigenvalue weighted by molar-refractivity contribution is -0.222. The smallest absolute Gasteiger partial charge is 0.350 e. The van der Waals surface area contributed by atoms with Gasteiger partial charge in [-0.15, -0.1) is 0 Å². The molecule has 1 aliphatic heterocycles. The third kappa shape index (κ3) is 3.17. The fourth-order valence-electron chi connectivity index (χ4n) is 2.41. The molecule has 1 aromatic carbocycles. The highest BCUT2D eigenvalue weighted by Gasteiger charge is 2.38. The van der Waals surface area contributed by atoms with Crippen molar-refractivity contribution in [3.63, 3.8) is 0 Å². The Hall–Kier alpha value is -3.02. The lowest BCUT2D eigenvalue weighted by atomic mass is 10.1. The summed E-state index contributed by atoms with van der Waals surface area (Å²) in [6, 6.07) is 9.63. The molecule has 0 spiro atoms. The summed E-state index contributed by atoms with van der Waals surface area (Å²) in [6.07, 6.45) is 5.20. The summed E-state index contributed by atoms with van der Waals surface area (Å²) in [5, 5.41) is 2.96. The predicted octanol–water partition coefficient (Wildman–Crippen LogP) is 2.92. The van der Waals surface area contributed by atoms with Crippen LogP contribution in [0.15, 0.2) is 54.5 Å². The molecule has 124 valence electrons. The summed E-state index contributed by atoms with van der Waals surface area (Å²) in [5.74, 6) is -2.65. The average molecular weight is 326 g/mol. The lowest BCUT2D eigenvalue weighted by Crippen LogP contribution is -2.42. The van der Waals surface area contributed by atoms with Crippen LogP contribution >= 0.6 is 0 Å². The Morgan fingerprint density at radius 2 is 1.71 bits per heavy atom. The normalized spacial score (nSPS) is 16.4. The van der Waals surface area contributed by atoms with E-state index in [0.29, 0.717) is 0 Å². The van der Waals surface area contributed by atoms with Gasteiger partial charge < -0.3 is 19.4 Å². The number of carbonyl (C=O) groups is 2. The Kier molecular flexibility index (Phi) is 3.89. The number of ether oxygens (including phenoxy) is 2. The van der Waals surface area contributed by atoms with Crippen LogP contribution in [-0.2, 0) is 19.1 Å². The van der Waals surface area contributed by atoms with Crippen LogP contribution in [-0.4, -0.2) is 22.3 Å². The van der Waals surface area contributed by atoms with Gasteiger partial charge in [0.1, 0.15) is 0 Å². The van der Waals surface area contributed by atoms with Crippen LogP contribution < -0.4 is 5.32 Å². The van der Waals surface area contributed by atoms with Crippen LogP contribution in [0.1, 0.15) is 19.4 Å². The number of esters is 2. The van der Waals surface area contributed by atoms with E-state index in [0.717, 1.165) is 16.9 Å². The minimum atomic E-state index is -1.24. The van der Waals surface area contributed by atoms with Crippen molar-refractivity contribution < 1.29 is 19.1 Å². The van der Waals surface area contributed by atoms with E-state index in [1.807, 2.05) is 54.2 Å². The van der Waals surface area contributed by atoms with Crippen LogP contribution in [0, 0.1) is 6.92 Å². The fourth-order valence-corrected chi connectivity index (χ4v) is 2.41. The van der Waals surface area contributed by atoms with E-state index >= 15 is 0 Å². The van der Waals surface area contributed by atoms with Crippen molar-refractivity contribution in [1.29, 1.82) is 0 Å². The van der Waals surface area contributed by atoms with Gasteiger partial charge in [0.2, 0.25) is 0 Å². The molecular weight excluding hydrogens is 308 g/mol. The number of hydrogen-bond acceptors (Lipinski definition) is 5. The topological polar surface area (TPSA) is 69.6 Å². The van der Waals surface area contributed by atoms with Crippen molar-refractivity contribution >= 4 is 17.6 Å². The second kappa shape index (κ2) is 5.88.